The normalized spacial score (nSPS) is 11.5. The molecule has 8 heteroatoms. The van der Waals surface area contributed by atoms with Gasteiger partial charge in [0.1, 0.15) is 18.4 Å². The van der Waals surface area contributed by atoms with E-state index >= 15 is 0 Å². The number of benzene rings is 1. The maximum Gasteiger partial charge on any atom is 0.242 e. The van der Waals surface area contributed by atoms with E-state index in [2.05, 4.69) is 15.7 Å². The second-order valence-electron chi connectivity index (χ2n) is 5.07. The SMILES string of the molecule is CNC(C(=O)NCc1ccccc1OCCO)c1cnn(C)c1.Cl. The van der Waals surface area contributed by atoms with E-state index in [1.807, 2.05) is 31.3 Å². The van der Waals surface area contributed by atoms with Gasteiger partial charge in [0.25, 0.3) is 0 Å². The number of amides is 1. The van der Waals surface area contributed by atoms with Gasteiger partial charge in [-0.15, -0.1) is 12.4 Å². The number of ether oxygens (including phenoxy) is 1. The van der Waals surface area contributed by atoms with Gasteiger partial charge in [0.15, 0.2) is 0 Å². The highest BCUT2D eigenvalue weighted by Gasteiger charge is 2.20. The van der Waals surface area contributed by atoms with Gasteiger partial charge < -0.3 is 20.5 Å². The summed E-state index contributed by atoms with van der Waals surface area (Å²) >= 11 is 0. The third-order valence-electron chi connectivity index (χ3n) is 3.38. The highest BCUT2D eigenvalue weighted by molar-refractivity contribution is 5.85. The summed E-state index contributed by atoms with van der Waals surface area (Å²) in [6.07, 6.45) is 3.47. The number of aliphatic hydroxyl groups excluding tert-OH is 1. The Morgan fingerprint density at radius 3 is 2.79 bits per heavy atom. The first-order chi connectivity index (χ1) is 11.2. The van der Waals surface area contributed by atoms with E-state index in [9.17, 15) is 4.79 Å². The maximum atomic E-state index is 12.4. The number of hydrogen-bond donors (Lipinski definition) is 3. The summed E-state index contributed by atoms with van der Waals surface area (Å²) in [7, 11) is 3.54. The third kappa shape index (κ3) is 5.23. The monoisotopic (exact) mass is 354 g/mol. The molecule has 0 bridgehead atoms. The van der Waals surface area contributed by atoms with Crippen molar-refractivity contribution in [2.24, 2.45) is 7.05 Å². The van der Waals surface area contributed by atoms with Crippen LogP contribution >= 0.6 is 12.4 Å². The quantitative estimate of drug-likeness (QED) is 0.652. The van der Waals surface area contributed by atoms with Crippen LogP contribution in [-0.2, 0) is 18.4 Å². The van der Waals surface area contributed by atoms with Gasteiger partial charge in [-0.2, -0.15) is 5.10 Å². The minimum Gasteiger partial charge on any atom is -0.491 e. The zero-order valence-electron chi connectivity index (χ0n) is 13.7. The number of halogens is 1. The Morgan fingerprint density at radius 1 is 1.42 bits per heavy atom. The zero-order valence-corrected chi connectivity index (χ0v) is 14.5. The van der Waals surface area contributed by atoms with Crippen LogP contribution in [0.15, 0.2) is 36.7 Å². The van der Waals surface area contributed by atoms with Crippen molar-refractivity contribution < 1.29 is 14.6 Å². The number of aliphatic hydroxyl groups is 1. The number of para-hydroxylation sites is 1. The first kappa shape index (κ1) is 20.0. The summed E-state index contributed by atoms with van der Waals surface area (Å²) in [5.74, 6) is 0.515. The summed E-state index contributed by atoms with van der Waals surface area (Å²) in [5.41, 5.74) is 1.66. The molecule has 0 fully saturated rings. The Balaban J connectivity index is 0.00000288. The van der Waals surface area contributed by atoms with Crippen molar-refractivity contribution >= 4 is 18.3 Å². The molecule has 0 radical (unpaired) electrons. The molecule has 0 saturated carbocycles. The van der Waals surface area contributed by atoms with Crippen molar-refractivity contribution in [3.8, 4) is 5.75 Å². The fourth-order valence-electron chi connectivity index (χ4n) is 2.27. The second kappa shape index (κ2) is 9.92. The molecular weight excluding hydrogens is 332 g/mol. The van der Waals surface area contributed by atoms with Crippen LogP contribution in [0.1, 0.15) is 17.2 Å². The molecule has 1 unspecified atom stereocenters. The van der Waals surface area contributed by atoms with Gasteiger partial charge in [-0.05, 0) is 13.1 Å². The van der Waals surface area contributed by atoms with Gasteiger partial charge in [0, 0.05) is 30.9 Å². The van der Waals surface area contributed by atoms with Crippen LogP contribution in [-0.4, -0.2) is 41.1 Å². The van der Waals surface area contributed by atoms with Gasteiger partial charge in [0.05, 0.1) is 12.8 Å². The van der Waals surface area contributed by atoms with Crippen molar-refractivity contribution in [1.29, 1.82) is 0 Å². The number of hydrogen-bond acceptors (Lipinski definition) is 5. The number of aryl methyl sites for hydroxylation is 1. The molecule has 0 aliphatic carbocycles. The molecule has 7 nitrogen and oxygen atoms in total. The molecule has 24 heavy (non-hydrogen) atoms. The van der Waals surface area contributed by atoms with Gasteiger partial charge >= 0.3 is 0 Å². The first-order valence-electron chi connectivity index (χ1n) is 7.40. The van der Waals surface area contributed by atoms with E-state index in [-0.39, 0.29) is 31.5 Å². The molecule has 0 aliphatic rings. The van der Waals surface area contributed by atoms with Crippen molar-refractivity contribution in [2.45, 2.75) is 12.6 Å². The molecule has 1 atom stereocenters. The highest BCUT2D eigenvalue weighted by atomic mass is 35.5. The van der Waals surface area contributed by atoms with Crippen LogP contribution in [0, 0.1) is 0 Å². The van der Waals surface area contributed by atoms with Crippen molar-refractivity contribution in [3.05, 3.63) is 47.8 Å². The Bertz CT molecular complexity index is 648. The zero-order chi connectivity index (χ0) is 16.7. The predicted octanol–water partition coefficient (Wildman–Crippen LogP) is 0.790. The van der Waals surface area contributed by atoms with E-state index < -0.39 is 6.04 Å². The number of nitrogens with zero attached hydrogens (tertiary/aromatic N) is 2. The Kier molecular flexibility index (Phi) is 8.25. The van der Waals surface area contributed by atoms with Crippen molar-refractivity contribution in [1.82, 2.24) is 20.4 Å². The van der Waals surface area contributed by atoms with E-state index in [1.54, 1.807) is 24.1 Å². The number of likely N-dealkylation sites (N-methyl/N-ethyl adjacent to an activating group) is 1. The topological polar surface area (TPSA) is 88.4 Å². The smallest absolute Gasteiger partial charge is 0.242 e. The van der Waals surface area contributed by atoms with Crippen LogP contribution in [0.5, 0.6) is 5.75 Å². The lowest BCUT2D eigenvalue weighted by atomic mass is 10.1. The fourth-order valence-corrected chi connectivity index (χ4v) is 2.27. The standard InChI is InChI=1S/C16H22N4O3.ClH/c1-17-15(13-10-19-20(2)11-13)16(22)18-9-12-5-3-4-6-14(12)23-8-7-21;/h3-6,10-11,15,17,21H,7-9H2,1-2H3,(H,18,22);1H. The molecule has 3 N–H and O–H groups in total. The summed E-state index contributed by atoms with van der Waals surface area (Å²) in [4.78, 5) is 12.4. The lowest BCUT2D eigenvalue weighted by molar-refractivity contribution is -0.123. The van der Waals surface area contributed by atoms with E-state index in [4.69, 9.17) is 9.84 Å². The molecule has 1 aromatic heterocycles. The molecule has 0 aliphatic heterocycles. The molecule has 1 aromatic carbocycles. The van der Waals surface area contributed by atoms with Crippen LogP contribution in [0.3, 0.4) is 0 Å². The molecule has 0 spiro atoms. The number of aromatic nitrogens is 2. The van der Waals surface area contributed by atoms with Gasteiger partial charge in [-0.3, -0.25) is 9.48 Å². The maximum absolute atomic E-state index is 12.4. The molecule has 1 amide bonds. The van der Waals surface area contributed by atoms with E-state index in [0.29, 0.717) is 12.3 Å². The predicted molar refractivity (Wildman–Crippen MR) is 93.1 cm³/mol. The summed E-state index contributed by atoms with van der Waals surface area (Å²) < 4.78 is 7.12. The molecular formula is C16H23ClN4O3. The third-order valence-corrected chi connectivity index (χ3v) is 3.38. The van der Waals surface area contributed by atoms with E-state index in [1.165, 1.54) is 0 Å². The lowest BCUT2D eigenvalue weighted by Crippen LogP contribution is -2.35. The van der Waals surface area contributed by atoms with Crippen LogP contribution in [0.4, 0.5) is 0 Å². The minimum absolute atomic E-state index is 0. The molecule has 1 heterocycles. The first-order valence-corrected chi connectivity index (χ1v) is 7.40. The minimum atomic E-state index is -0.464. The number of carbonyl (C=O) groups is 1. The van der Waals surface area contributed by atoms with Crippen LogP contribution in [0.25, 0.3) is 0 Å². The van der Waals surface area contributed by atoms with Crippen molar-refractivity contribution in [2.75, 3.05) is 20.3 Å². The van der Waals surface area contributed by atoms with Crippen LogP contribution in [0.2, 0.25) is 0 Å². The Morgan fingerprint density at radius 2 is 2.17 bits per heavy atom. The van der Waals surface area contributed by atoms with Crippen molar-refractivity contribution in [3.63, 3.8) is 0 Å². The van der Waals surface area contributed by atoms with E-state index in [0.717, 1.165) is 11.1 Å². The fraction of sp³-hybridized carbons (Fsp3) is 0.375. The highest BCUT2D eigenvalue weighted by Crippen LogP contribution is 2.18. The van der Waals surface area contributed by atoms with Gasteiger partial charge in [-0.25, -0.2) is 0 Å². The largest absolute Gasteiger partial charge is 0.491 e. The summed E-state index contributed by atoms with van der Waals surface area (Å²) in [5, 5.41) is 18.8. The number of rotatable bonds is 8. The molecule has 0 saturated heterocycles. The molecule has 2 rings (SSSR count). The Labute approximate surface area is 147 Å². The second-order valence-corrected chi connectivity index (χ2v) is 5.07. The summed E-state index contributed by atoms with van der Waals surface area (Å²) in [6.45, 7) is 0.516. The Hall–Kier alpha value is -2.09. The molecule has 132 valence electrons. The van der Waals surface area contributed by atoms with Gasteiger partial charge in [-0.1, -0.05) is 18.2 Å². The average Bonchev–Trinajstić information content (AvgIpc) is 2.98. The number of nitrogens with one attached hydrogen (secondary N) is 2. The number of carbonyl (C=O) groups excluding carboxylic acids is 1. The summed E-state index contributed by atoms with van der Waals surface area (Å²) in [6, 6.07) is 6.96. The van der Waals surface area contributed by atoms with Gasteiger partial charge in [0.2, 0.25) is 5.91 Å². The average molecular weight is 355 g/mol. The van der Waals surface area contributed by atoms with Crippen LogP contribution < -0.4 is 15.4 Å². The molecule has 2 aromatic rings. The lowest BCUT2D eigenvalue weighted by Gasteiger charge is -2.16.